The van der Waals surface area contributed by atoms with E-state index in [1.54, 1.807) is 20.1 Å². The Bertz CT molecular complexity index is 536. The summed E-state index contributed by atoms with van der Waals surface area (Å²) in [5, 5.41) is 0. The van der Waals surface area contributed by atoms with E-state index in [1.165, 1.54) is 17.5 Å². The van der Waals surface area contributed by atoms with E-state index in [-0.39, 0.29) is 4.90 Å². The molecular weight excluding hydrogens is 266 g/mol. The van der Waals surface area contributed by atoms with Crippen molar-refractivity contribution in [1.29, 1.82) is 0 Å². The maximum atomic E-state index is 12.5. The predicted octanol–water partition coefficient (Wildman–Crippen LogP) is 2.04. The molecule has 0 bridgehead atoms. The van der Waals surface area contributed by atoms with Gasteiger partial charge in [-0.05, 0) is 19.1 Å². The molecule has 6 heteroatoms. The monoisotopic (exact) mass is 287 g/mol. The summed E-state index contributed by atoms with van der Waals surface area (Å²) in [6, 6.07) is 3.17. The van der Waals surface area contributed by atoms with Crippen LogP contribution in [0.15, 0.2) is 17.0 Å². The maximum absolute atomic E-state index is 12.5. The van der Waals surface area contributed by atoms with Crippen LogP contribution in [0.4, 0.5) is 0 Å². The Morgan fingerprint density at radius 3 is 2.11 bits per heavy atom. The van der Waals surface area contributed by atoms with Crippen molar-refractivity contribution in [3.05, 3.63) is 17.7 Å². The molecule has 19 heavy (non-hydrogen) atoms. The molecule has 0 aliphatic heterocycles. The third-order valence-electron chi connectivity index (χ3n) is 3.07. The molecule has 1 aromatic rings. The summed E-state index contributed by atoms with van der Waals surface area (Å²) >= 11 is 0. The third-order valence-corrected chi connectivity index (χ3v) is 5.14. The topological polar surface area (TPSA) is 55.8 Å². The molecule has 0 spiro atoms. The highest BCUT2D eigenvalue weighted by molar-refractivity contribution is 7.89. The van der Waals surface area contributed by atoms with Crippen LogP contribution in [0, 0.1) is 6.92 Å². The second-order valence-electron chi connectivity index (χ2n) is 4.01. The van der Waals surface area contributed by atoms with Crippen molar-refractivity contribution in [2.75, 3.05) is 27.3 Å². The highest BCUT2D eigenvalue weighted by Gasteiger charge is 2.27. The summed E-state index contributed by atoms with van der Waals surface area (Å²) in [4.78, 5) is 0.178. The van der Waals surface area contributed by atoms with Gasteiger partial charge >= 0.3 is 0 Å². The van der Waals surface area contributed by atoms with Crippen LogP contribution in [0.3, 0.4) is 0 Å². The Morgan fingerprint density at radius 2 is 1.68 bits per heavy atom. The molecule has 0 unspecified atom stereocenters. The molecule has 0 heterocycles. The van der Waals surface area contributed by atoms with Crippen molar-refractivity contribution in [3.63, 3.8) is 0 Å². The first-order chi connectivity index (χ1) is 8.93. The molecule has 108 valence electrons. The minimum absolute atomic E-state index is 0.178. The number of methoxy groups -OCH3 is 2. The smallest absolute Gasteiger partial charge is 0.246 e. The molecule has 0 radical (unpaired) electrons. The lowest BCUT2D eigenvalue weighted by atomic mass is 10.2. The average Bonchev–Trinajstić information content (AvgIpc) is 2.39. The van der Waals surface area contributed by atoms with Crippen molar-refractivity contribution >= 4 is 10.0 Å². The number of sulfonamides is 1. The largest absolute Gasteiger partial charge is 0.496 e. The fourth-order valence-electron chi connectivity index (χ4n) is 2.03. The standard InChI is InChI=1S/C13H21NO4S/c1-6-14(7-2)19(15,16)12-9-8-11(17-4)10(3)13(12)18-5/h8-9H,6-7H2,1-5H3. The van der Waals surface area contributed by atoms with Gasteiger partial charge < -0.3 is 9.47 Å². The Kier molecular flexibility index (Phi) is 5.20. The van der Waals surface area contributed by atoms with E-state index in [0.29, 0.717) is 30.2 Å². The van der Waals surface area contributed by atoms with Gasteiger partial charge in [-0.15, -0.1) is 0 Å². The lowest BCUT2D eigenvalue weighted by molar-refractivity contribution is 0.377. The van der Waals surface area contributed by atoms with Gasteiger partial charge in [0.2, 0.25) is 10.0 Å². The van der Waals surface area contributed by atoms with Crippen molar-refractivity contribution in [3.8, 4) is 11.5 Å². The molecule has 0 saturated heterocycles. The molecule has 0 N–H and O–H groups in total. The molecule has 0 amide bonds. The zero-order chi connectivity index (χ0) is 14.6. The van der Waals surface area contributed by atoms with Crippen LogP contribution in [-0.2, 0) is 10.0 Å². The molecular formula is C13H21NO4S. The summed E-state index contributed by atoms with van der Waals surface area (Å²) in [6.45, 7) is 6.24. The Morgan fingerprint density at radius 1 is 1.11 bits per heavy atom. The molecule has 0 atom stereocenters. The van der Waals surface area contributed by atoms with Crippen molar-refractivity contribution in [2.24, 2.45) is 0 Å². The summed E-state index contributed by atoms with van der Waals surface area (Å²) in [5.74, 6) is 0.946. The average molecular weight is 287 g/mol. The molecule has 0 saturated carbocycles. The van der Waals surface area contributed by atoms with Crippen LogP contribution in [0.2, 0.25) is 0 Å². The molecule has 1 rings (SSSR count). The molecule has 5 nitrogen and oxygen atoms in total. The van der Waals surface area contributed by atoms with E-state index in [2.05, 4.69) is 0 Å². The van der Waals surface area contributed by atoms with Crippen molar-refractivity contribution in [1.82, 2.24) is 4.31 Å². The summed E-state index contributed by atoms with van der Waals surface area (Å²) in [5.41, 5.74) is 0.679. The second kappa shape index (κ2) is 6.25. The van der Waals surface area contributed by atoms with Gasteiger partial charge in [-0.25, -0.2) is 8.42 Å². The van der Waals surface area contributed by atoms with Crippen LogP contribution >= 0.6 is 0 Å². The number of hydrogen-bond acceptors (Lipinski definition) is 4. The fourth-order valence-corrected chi connectivity index (χ4v) is 3.70. The Balaban J connectivity index is 3.47. The van der Waals surface area contributed by atoms with E-state index in [0.717, 1.165) is 0 Å². The Labute approximate surface area is 115 Å². The SMILES string of the molecule is CCN(CC)S(=O)(=O)c1ccc(OC)c(C)c1OC. The highest BCUT2D eigenvalue weighted by atomic mass is 32.2. The number of rotatable bonds is 6. The number of benzene rings is 1. The van der Waals surface area contributed by atoms with E-state index in [9.17, 15) is 8.42 Å². The number of nitrogens with zero attached hydrogens (tertiary/aromatic N) is 1. The van der Waals surface area contributed by atoms with Gasteiger partial charge in [0.15, 0.2) is 0 Å². The van der Waals surface area contributed by atoms with Crippen molar-refractivity contribution in [2.45, 2.75) is 25.7 Å². The molecule has 0 aliphatic carbocycles. The predicted molar refractivity (Wildman–Crippen MR) is 74.4 cm³/mol. The minimum Gasteiger partial charge on any atom is -0.496 e. The van der Waals surface area contributed by atoms with Gasteiger partial charge in [-0.2, -0.15) is 4.31 Å². The summed E-state index contributed by atoms with van der Waals surface area (Å²) < 4.78 is 36.9. The van der Waals surface area contributed by atoms with Gasteiger partial charge in [-0.1, -0.05) is 13.8 Å². The van der Waals surface area contributed by atoms with E-state index >= 15 is 0 Å². The van der Waals surface area contributed by atoms with Crippen LogP contribution in [0.1, 0.15) is 19.4 Å². The third kappa shape index (κ3) is 2.84. The van der Waals surface area contributed by atoms with Gasteiger partial charge in [0.05, 0.1) is 14.2 Å². The normalized spacial score (nSPS) is 11.7. The first-order valence-corrected chi connectivity index (χ1v) is 7.59. The van der Waals surface area contributed by atoms with Gasteiger partial charge in [0.1, 0.15) is 16.4 Å². The molecule has 0 aliphatic rings. The van der Waals surface area contributed by atoms with Crippen LogP contribution in [-0.4, -0.2) is 40.0 Å². The van der Waals surface area contributed by atoms with E-state index in [1.807, 2.05) is 13.8 Å². The quantitative estimate of drug-likeness (QED) is 0.803. The number of hydrogen-bond donors (Lipinski definition) is 0. The molecule has 0 aromatic heterocycles. The number of ether oxygens (including phenoxy) is 2. The summed E-state index contributed by atoms with van der Waals surface area (Å²) in [7, 11) is -0.535. The minimum atomic E-state index is -3.54. The highest BCUT2D eigenvalue weighted by Crippen LogP contribution is 2.35. The fraction of sp³-hybridized carbons (Fsp3) is 0.538. The lowest BCUT2D eigenvalue weighted by Gasteiger charge is -2.21. The van der Waals surface area contributed by atoms with Gasteiger partial charge in [0.25, 0.3) is 0 Å². The first-order valence-electron chi connectivity index (χ1n) is 6.15. The van der Waals surface area contributed by atoms with Gasteiger partial charge in [0, 0.05) is 18.7 Å². The van der Waals surface area contributed by atoms with Crippen molar-refractivity contribution < 1.29 is 17.9 Å². The second-order valence-corrected chi connectivity index (χ2v) is 5.92. The first kappa shape index (κ1) is 15.8. The lowest BCUT2D eigenvalue weighted by Crippen LogP contribution is -2.31. The van der Waals surface area contributed by atoms with E-state index in [4.69, 9.17) is 9.47 Å². The summed E-state index contributed by atoms with van der Waals surface area (Å²) in [6.07, 6.45) is 0. The van der Waals surface area contributed by atoms with Crippen LogP contribution < -0.4 is 9.47 Å². The van der Waals surface area contributed by atoms with E-state index < -0.39 is 10.0 Å². The molecule has 0 fully saturated rings. The Hall–Kier alpha value is -1.27. The zero-order valence-electron chi connectivity index (χ0n) is 12.1. The molecule has 1 aromatic carbocycles. The zero-order valence-corrected chi connectivity index (χ0v) is 12.9. The van der Waals surface area contributed by atoms with Crippen LogP contribution in [0.25, 0.3) is 0 Å². The van der Waals surface area contributed by atoms with Crippen LogP contribution in [0.5, 0.6) is 11.5 Å². The van der Waals surface area contributed by atoms with Gasteiger partial charge in [-0.3, -0.25) is 0 Å². The maximum Gasteiger partial charge on any atom is 0.246 e.